The zero-order chi connectivity index (χ0) is 22.0. The second-order valence-electron chi connectivity index (χ2n) is 7.21. The van der Waals surface area contributed by atoms with E-state index in [2.05, 4.69) is 16.7 Å². The minimum Gasteiger partial charge on any atom is -0.340 e. The van der Waals surface area contributed by atoms with Crippen molar-refractivity contribution in [2.75, 3.05) is 0 Å². The smallest absolute Gasteiger partial charge is 0.270 e. The molecule has 152 valence electrons. The van der Waals surface area contributed by atoms with E-state index in [9.17, 15) is 15.4 Å². The maximum atomic E-state index is 11.1. The van der Waals surface area contributed by atoms with E-state index in [1.807, 2.05) is 55.5 Å². The van der Waals surface area contributed by atoms with Crippen LogP contribution in [0.3, 0.4) is 0 Å². The summed E-state index contributed by atoms with van der Waals surface area (Å²) in [6, 6.07) is 24.1. The lowest BCUT2D eigenvalue weighted by Gasteiger charge is -2.09. The summed E-state index contributed by atoms with van der Waals surface area (Å²) in [7, 11) is 0. The van der Waals surface area contributed by atoms with Gasteiger partial charge in [0.15, 0.2) is 0 Å². The molecule has 31 heavy (non-hydrogen) atoms. The number of nitrogens with zero attached hydrogens (tertiary/aromatic N) is 3. The molecule has 3 aromatic carbocycles. The number of hydrogen-bond donors (Lipinski definition) is 0. The van der Waals surface area contributed by atoms with Crippen LogP contribution in [0.2, 0.25) is 5.02 Å². The summed E-state index contributed by atoms with van der Waals surface area (Å²) in [5.74, 6) is 0. The van der Waals surface area contributed by atoms with Crippen LogP contribution in [0.4, 0.5) is 5.69 Å². The van der Waals surface area contributed by atoms with E-state index < -0.39 is 4.92 Å². The van der Waals surface area contributed by atoms with E-state index in [1.54, 1.807) is 12.1 Å². The molecule has 0 saturated heterocycles. The van der Waals surface area contributed by atoms with Crippen LogP contribution in [0.1, 0.15) is 22.4 Å². The van der Waals surface area contributed by atoms with Crippen molar-refractivity contribution in [3.8, 4) is 6.07 Å². The van der Waals surface area contributed by atoms with Gasteiger partial charge in [-0.1, -0.05) is 54.1 Å². The zero-order valence-corrected chi connectivity index (χ0v) is 17.5. The lowest BCUT2D eigenvalue weighted by molar-refractivity contribution is -0.384. The summed E-state index contributed by atoms with van der Waals surface area (Å²) in [4.78, 5) is 10.7. The van der Waals surface area contributed by atoms with E-state index in [1.165, 1.54) is 12.1 Å². The van der Waals surface area contributed by atoms with Crippen molar-refractivity contribution in [3.05, 3.63) is 110 Å². The standard InChI is InChI=1S/C25H18ClN3O2/c1-17-24(14-20(15-27)19-5-4-6-22(13-19)29(30)31)23-7-2-3-8-25(23)28(17)16-18-9-11-21(26)12-10-18/h2-14H,16H2,1H3. The molecule has 0 amide bonds. The molecule has 0 aliphatic carbocycles. The van der Waals surface area contributed by atoms with Crippen molar-refractivity contribution in [2.24, 2.45) is 0 Å². The molecule has 0 spiro atoms. The molecule has 0 unspecified atom stereocenters. The van der Waals surface area contributed by atoms with Crippen molar-refractivity contribution < 1.29 is 4.92 Å². The SMILES string of the molecule is Cc1c(C=C(C#N)c2cccc([N+](=O)[O-])c2)c2ccccc2n1Cc1ccc(Cl)cc1. The fraction of sp³-hybridized carbons (Fsp3) is 0.0800. The highest BCUT2D eigenvalue weighted by Gasteiger charge is 2.15. The summed E-state index contributed by atoms with van der Waals surface area (Å²) < 4.78 is 2.20. The highest BCUT2D eigenvalue weighted by atomic mass is 35.5. The number of rotatable bonds is 5. The van der Waals surface area contributed by atoms with Crippen LogP contribution in [0.25, 0.3) is 22.6 Å². The van der Waals surface area contributed by atoms with Gasteiger partial charge in [0, 0.05) is 45.9 Å². The highest BCUT2D eigenvalue weighted by molar-refractivity contribution is 6.30. The third kappa shape index (κ3) is 4.07. The topological polar surface area (TPSA) is 71.9 Å². The van der Waals surface area contributed by atoms with Gasteiger partial charge in [0.1, 0.15) is 0 Å². The Bertz CT molecular complexity index is 1360. The summed E-state index contributed by atoms with van der Waals surface area (Å²) >= 11 is 6.02. The molecule has 4 rings (SSSR count). The van der Waals surface area contributed by atoms with Crippen molar-refractivity contribution in [3.63, 3.8) is 0 Å². The normalized spacial score (nSPS) is 11.5. The quantitative estimate of drug-likeness (QED) is 0.204. The van der Waals surface area contributed by atoms with Gasteiger partial charge in [-0.3, -0.25) is 10.1 Å². The monoisotopic (exact) mass is 427 g/mol. The number of nitriles is 1. The Labute approximate surface area is 184 Å². The lowest BCUT2D eigenvalue weighted by Crippen LogP contribution is -2.01. The first-order valence-electron chi connectivity index (χ1n) is 9.67. The van der Waals surface area contributed by atoms with Gasteiger partial charge in [0.2, 0.25) is 0 Å². The number of nitro benzene ring substituents is 1. The Kier molecular flexibility index (Phi) is 5.57. The predicted molar refractivity (Wildman–Crippen MR) is 124 cm³/mol. The van der Waals surface area contributed by atoms with Crippen molar-refractivity contribution in [2.45, 2.75) is 13.5 Å². The number of non-ortho nitro benzene ring substituents is 1. The van der Waals surface area contributed by atoms with Crippen LogP contribution in [-0.4, -0.2) is 9.49 Å². The van der Waals surface area contributed by atoms with Gasteiger partial charge in [-0.15, -0.1) is 0 Å². The summed E-state index contributed by atoms with van der Waals surface area (Å²) in [5.41, 5.74) is 4.95. The van der Waals surface area contributed by atoms with Crippen LogP contribution >= 0.6 is 11.6 Å². The molecule has 0 saturated carbocycles. The average molecular weight is 428 g/mol. The fourth-order valence-electron chi connectivity index (χ4n) is 3.73. The number of hydrogen-bond acceptors (Lipinski definition) is 3. The minimum absolute atomic E-state index is 0.0412. The molecule has 0 radical (unpaired) electrons. The van der Waals surface area contributed by atoms with Crippen molar-refractivity contribution >= 4 is 39.8 Å². The van der Waals surface area contributed by atoms with Crippen LogP contribution < -0.4 is 0 Å². The largest absolute Gasteiger partial charge is 0.340 e. The zero-order valence-electron chi connectivity index (χ0n) is 16.7. The number of benzene rings is 3. The molecule has 0 N–H and O–H groups in total. The van der Waals surface area contributed by atoms with Gasteiger partial charge in [0.05, 0.1) is 16.6 Å². The Morgan fingerprint density at radius 1 is 1.13 bits per heavy atom. The summed E-state index contributed by atoms with van der Waals surface area (Å²) in [6.07, 6.45) is 1.81. The lowest BCUT2D eigenvalue weighted by atomic mass is 10.0. The van der Waals surface area contributed by atoms with Crippen LogP contribution in [0.15, 0.2) is 72.8 Å². The van der Waals surface area contributed by atoms with Gasteiger partial charge in [-0.05, 0) is 42.3 Å². The van der Waals surface area contributed by atoms with E-state index in [-0.39, 0.29) is 5.69 Å². The molecule has 1 aromatic heterocycles. The van der Waals surface area contributed by atoms with E-state index >= 15 is 0 Å². The minimum atomic E-state index is -0.457. The number of nitro groups is 1. The van der Waals surface area contributed by atoms with Crippen LogP contribution in [-0.2, 0) is 6.54 Å². The maximum Gasteiger partial charge on any atom is 0.270 e. The first-order valence-corrected chi connectivity index (χ1v) is 10.0. The van der Waals surface area contributed by atoms with Crippen molar-refractivity contribution in [1.82, 2.24) is 4.57 Å². The first kappa shape index (κ1) is 20.4. The van der Waals surface area contributed by atoms with Crippen LogP contribution in [0.5, 0.6) is 0 Å². The van der Waals surface area contributed by atoms with Gasteiger partial charge < -0.3 is 4.57 Å². The molecule has 0 bridgehead atoms. The summed E-state index contributed by atoms with van der Waals surface area (Å²) in [6.45, 7) is 2.68. The third-order valence-electron chi connectivity index (χ3n) is 5.31. The van der Waals surface area contributed by atoms with Gasteiger partial charge in [-0.25, -0.2) is 0 Å². The van der Waals surface area contributed by atoms with Crippen molar-refractivity contribution in [1.29, 1.82) is 5.26 Å². The number of allylic oxidation sites excluding steroid dienone is 1. The molecule has 0 atom stereocenters. The molecule has 6 heteroatoms. The molecule has 5 nitrogen and oxygen atoms in total. The number of halogens is 1. The molecule has 0 fully saturated rings. The van der Waals surface area contributed by atoms with E-state index in [4.69, 9.17) is 11.6 Å². The molecule has 0 aliphatic heterocycles. The van der Waals surface area contributed by atoms with E-state index in [0.717, 1.165) is 27.7 Å². The Hall–Kier alpha value is -3.88. The predicted octanol–water partition coefficient (Wildman–Crippen LogP) is 6.62. The molecular formula is C25H18ClN3O2. The summed E-state index contributed by atoms with van der Waals surface area (Å²) in [5, 5.41) is 22.6. The maximum absolute atomic E-state index is 11.1. The second kappa shape index (κ2) is 8.47. The van der Waals surface area contributed by atoms with E-state index in [0.29, 0.717) is 22.7 Å². The number of aromatic nitrogens is 1. The van der Waals surface area contributed by atoms with Crippen LogP contribution in [0, 0.1) is 28.4 Å². The average Bonchev–Trinajstić information content (AvgIpc) is 3.04. The number of fused-ring (bicyclic) bond motifs is 1. The fourth-order valence-corrected chi connectivity index (χ4v) is 3.85. The molecule has 1 heterocycles. The molecule has 0 aliphatic rings. The molecular weight excluding hydrogens is 410 g/mol. The van der Waals surface area contributed by atoms with Gasteiger partial charge in [-0.2, -0.15) is 5.26 Å². The first-order chi connectivity index (χ1) is 15.0. The Balaban J connectivity index is 1.85. The number of para-hydroxylation sites is 1. The second-order valence-corrected chi connectivity index (χ2v) is 7.64. The molecule has 4 aromatic rings. The Morgan fingerprint density at radius 2 is 1.87 bits per heavy atom. The highest BCUT2D eigenvalue weighted by Crippen LogP contribution is 2.31. The van der Waals surface area contributed by atoms with Gasteiger partial charge in [0.25, 0.3) is 5.69 Å². The Morgan fingerprint density at radius 3 is 2.58 bits per heavy atom. The van der Waals surface area contributed by atoms with Gasteiger partial charge >= 0.3 is 0 Å². The third-order valence-corrected chi connectivity index (χ3v) is 5.56.